The zero-order valence-electron chi connectivity index (χ0n) is 5.83. The summed E-state index contributed by atoms with van der Waals surface area (Å²) in [6.07, 6.45) is 4.08. The molecule has 0 amide bonds. The monoisotopic (exact) mass is 204 g/mol. The Bertz CT molecular complexity index is 19.7. The van der Waals surface area contributed by atoms with Crippen LogP contribution in [0.25, 0.3) is 0 Å². The fraction of sp³-hybridized carbons (Fsp3) is 1.00. The van der Waals surface area contributed by atoms with Crippen LogP contribution in [0, 0.1) is 0 Å². The fourth-order valence-electron chi connectivity index (χ4n) is 0.354. The molecule has 0 aromatic carbocycles. The third-order valence-electron chi connectivity index (χ3n) is 0.707. The van der Waals surface area contributed by atoms with Crippen molar-refractivity contribution in [2.24, 2.45) is 0 Å². The van der Waals surface area contributed by atoms with Gasteiger partial charge in [0.25, 0.3) is 0 Å². The Balaban J connectivity index is -0.0000000133. The van der Waals surface area contributed by atoms with E-state index >= 15 is 0 Å². The summed E-state index contributed by atoms with van der Waals surface area (Å²) in [6, 6.07) is 0. The molecule has 0 saturated heterocycles. The molecule has 4 heteroatoms. The van der Waals surface area contributed by atoms with Gasteiger partial charge in [-0.15, -0.1) is 0 Å². The molecule has 0 fully saturated rings. The number of unbranched alkanes of at least 4 members (excludes halogenated alkanes) is 2. The Morgan fingerprint density at radius 3 is 1.00 bits per heavy atom. The molecule has 0 N–H and O–H groups in total. The van der Waals surface area contributed by atoms with Crippen molar-refractivity contribution in [3.63, 3.8) is 0 Å². The maximum atomic E-state index is 2.21. The van der Waals surface area contributed by atoms with Crippen LogP contribution in [0.2, 0.25) is 0 Å². The zero-order chi connectivity index (χ0) is 4.12. The molecule has 9 heavy (non-hydrogen) atoms. The normalized spacial score (nSPS) is 4.67. The van der Waals surface area contributed by atoms with Gasteiger partial charge in [-0.25, -0.2) is 0 Å². The second kappa shape index (κ2) is 34.3. The van der Waals surface area contributed by atoms with Gasteiger partial charge in [-0.1, -0.05) is 33.1 Å². The molecule has 0 radical (unpaired) electrons. The average Bonchev–Trinajstić information content (AvgIpc) is 1.41. The molecule has 0 spiro atoms. The smallest absolute Gasteiger partial charge is 1.00 e. The molecule has 0 aliphatic heterocycles. The van der Waals surface area contributed by atoms with Crippen LogP contribution in [-0.4, -0.2) is 17.4 Å². The minimum atomic E-state index is 0. The standard InChI is InChI=1S/C5H12.Al.3ClH/c1-3-5-4-2;;;;/h3-5H2,1-2H3;;3*1H/q;+3;;;/p-3. The summed E-state index contributed by atoms with van der Waals surface area (Å²) in [5.41, 5.74) is 0. The Morgan fingerprint density at radius 2 is 1.00 bits per heavy atom. The Labute approximate surface area is 87.5 Å². The van der Waals surface area contributed by atoms with Gasteiger partial charge in [-0.2, -0.15) is 0 Å². The first kappa shape index (κ1) is 31.5. The minimum Gasteiger partial charge on any atom is -1.00 e. The molecule has 0 aliphatic rings. The van der Waals surface area contributed by atoms with Crippen molar-refractivity contribution >= 4 is 17.4 Å². The van der Waals surface area contributed by atoms with Gasteiger partial charge >= 0.3 is 17.4 Å². The quantitative estimate of drug-likeness (QED) is 0.393. The van der Waals surface area contributed by atoms with Crippen LogP contribution in [0.4, 0.5) is 0 Å². The predicted octanol–water partition coefficient (Wildman–Crippen LogP) is -7.17. The average molecular weight is 205 g/mol. The largest absolute Gasteiger partial charge is 3.00 e. The minimum absolute atomic E-state index is 0. The Kier molecular flexibility index (Phi) is 120. The van der Waals surface area contributed by atoms with Crippen molar-refractivity contribution in [3.05, 3.63) is 0 Å². The van der Waals surface area contributed by atoms with Gasteiger partial charge in [0, 0.05) is 0 Å². The number of rotatable bonds is 2. The van der Waals surface area contributed by atoms with Crippen LogP contribution in [-0.2, 0) is 0 Å². The molecule has 0 aromatic rings. The molecule has 0 aliphatic carbocycles. The molecular weight excluding hydrogens is 193 g/mol. The number of hydrogen-bond acceptors (Lipinski definition) is 0. The molecule has 0 rings (SSSR count). The van der Waals surface area contributed by atoms with Gasteiger partial charge < -0.3 is 37.2 Å². The third kappa shape index (κ3) is 44.5. The van der Waals surface area contributed by atoms with Gasteiger partial charge in [0.15, 0.2) is 0 Å². The summed E-state index contributed by atoms with van der Waals surface area (Å²) in [7, 11) is 0. The molecule has 0 nitrogen and oxygen atoms in total. The first-order valence-corrected chi connectivity index (χ1v) is 2.41. The second-order valence-electron chi connectivity index (χ2n) is 1.35. The molecule has 0 unspecified atom stereocenters. The van der Waals surface area contributed by atoms with E-state index in [9.17, 15) is 0 Å². The fourth-order valence-corrected chi connectivity index (χ4v) is 0.354. The van der Waals surface area contributed by atoms with E-state index in [0.717, 1.165) is 0 Å². The maximum absolute atomic E-state index is 2.21. The van der Waals surface area contributed by atoms with E-state index in [1.165, 1.54) is 19.3 Å². The molecule has 0 aromatic heterocycles. The zero-order valence-corrected chi connectivity index (χ0v) is 9.26. The molecular formula is C5H12AlCl3. The van der Waals surface area contributed by atoms with Crippen molar-refractivity contribution in [1.29, 1.82) is 0 Å². The van der Waals surface area contributed by atoms with Gasteiger partial charge in [-0.05, 0) is 0 Å². The first-order chi connectivity index (χ1) is 2.41. The summed E-state index contributed by atoms with van der Waals surface area (Å²) in [6.45, 7) is 4.42. The summed E-state index contributed by atoms with van der Waals surface area (Å²) in [5, 5.41) is 0. The van der Waals surface area contributed by atoms with E-state index < -0.39 is 0 Å². The van der Waals surface area contributed by atoms with Crippen LogP contribution in [0.3, 0.4) is 0 Å². The molecule has 56 valence electrons. The van der Waals surface area contributed by atoms with E-state index in [-0.39, 0.29) is 54.6 Å². The van der Waals surface area contributed by atoms with Crippen LogP contribution < -0.4 is 37.2 Å². The molecule has 0 atom stereocenters. The molecule has 0 saturated carbocycles. The van der Waals surface area contributed by atoms with Crippen LogP contribution in [0.15, 0.2) is 0 Å². The van der Waals surface area contributed by atoms with Gasteiger partial charge in [0.2, 0.25) is 0 Å². The van der Waals surface area contributed by atoms with Crippen molar-refractivity contribution in [3.8, 4) is 0 Å². The van der Waals surface area contributed by atoms with Crippen molar-refractivity contribution in [2.45, 2.75) is 33.1 Å². The van der Waals surface area contributed by atoms with Gasteiger partial charge in [0.05, 0.1) is 0 Å². The van der Waals surface area contributed by atoms with E-state index in [1.54, 1.807) is 0 Å². The number of hydrogen-bond donors (Lipinski definition) is 0. The van der Waals surface area contributed by atoms with Crippen LogP contribution >= 0.6 is 0 Å². The summed E-state index contributed by atoms with van der Waals surface area (Å²) >= 11 is 0. The van der Waals surface area contributed by atoms with Crippen molar-refractivity contribution < 1.29 is 37.2 Å². The topological polar surface area (TPSA) is 0 Å². The molecule has 0 heterocycles. The summed E-state index contributed by atoms with van der Waals surface area (Å²) in [4.78, 5) is 0. The number of halogens is 3. The van der Waals surface area contributed by atoms with E-state index in [4.69, 9.17) is 0 Å². The summed E-state index contributed by atoms with van der Waals surface area (Å²) < 4.78 is 0. The van der Waals surface area contributed by atoms with Crippen LogP contribution in [0.1, 0.15) is 33.1 Å². The summed E-state index contributed by atoms with van der Waals surface area (Å²) in [5.74, 6) is 0. The van der Waals surface area contributed by atoms with Crippen LogP contribution in [0.5, 0.6) is 0 Å². The van der Waals surface area contributed by atoms with Crippen molar-refractivity contribution in [1.82, 2.24) is 0 Å². The SMILES string of the molecule is CCCCC.[Al+3].[Cl-].[Cl-].[Cl-]. The third-order valence-corrected chi connectivity index (χ3v) is 0.707. The molecule has 0 bridgehead atoms. The second-order valence-corrected chi connectivity index (χ2v) is 1.35. The van der Waals surface area contributed by atoms with Gasteiger partial charge in [0.1, 0.15) is 0 Å². The Hall–Kier alpha value is 1.40. The maximum Gasteiger partial charge on any atom is 3.00 e. The van der Waals surface area contributed by atoms with Crippen molar-refractivity contribution in [2.75, 3.05) is 0 Å². The Morgan fingerprint density at radius 1 is 0.778 bits per heavy atom. The van der Waals surface area contributed by atoms with E-state index in [1.807, 2.05) is 0 Å². The predicted molar refractivity (Wildman–Crippen MR) is 31.0 cm³/mol. The first-order valence-electron chi connectivity index (χ1n) is 2.41. The van der Waals surface area contributed by atoms with Gasteiger partial charge in [-0.3, -0.25) is 0 Å². The van der Waals surface area contributed by atoms with E-state index in [0.29, 0.717) is 0 Å². The van der Waals surface area contributed by atoms with E-state index in [2.05, 4.69) is 13.8 Å².